The summed E-state index contributed by atoms with van der Waals surface area (Å²) in [5.41, 5.74) is -0.836. The number of carbonyl (C=O) groups excluding carboxylic acids is 1. The lowest BCUT2D eigenvalue weighted by Gasteiger charge is -2.34. The van der Waals surface area contributed by atoms with E-state index >= 15 is 0 Å². The third kappa shape index (κ3) is 7.21. The predicted molar refractivity (Wildman–Crippen MR) is 151 cm³/mol. The van der Waals surface area contributed by atoms with Crippen molar-refractivity contribution in [1.29, 1.82) is 0 Å². The van der Waals surface area contributed by atoms with Crippen molar-refractivity contribution in [3.8, 4) is 17.0 Å². The van der Waals surface area contributed by atoms with Crippen LogP contribution in [0.15, 0.2) is 30.6 Å². The van der Waals surface area contributed by atoms with Gasteiger partial charge in [0.15, 0.2) is 5.13 Å². The molecule has 230 valence electrons. The first kappa shape index (κ1) is 30.6. The average molecular weight is 623 g/mol. The van der Waals surface area contributed by atoms with Crippen LogP contribution in [0.4, 0.5) is 28.5 Å². The van der Waals surface area contributed by atoms with Gasteiger partial charge in [0.1, 0.15) is 17.3 Å². The Kier molecular flexibility index (Phi) is 8.56. The number of thiazole rings is 1. The van der Waals surface area contributed by atoms with Gasteiger partial charge in [-0.05, 0) is 57.0 Å². The molecule has 1 atom stereocenters. The molecule has 2 aromatic heterocycles. The number of amides is 1. The number of benzene rings is 1. The molecule has 0 bridgehead atoms. The lowest BCUT2D eigenvalue weighted by atomic mass is 9.93. The Bertz CT molecular complexity index is 1490. The topological polar surface area (TPSA) is 121 Å². The number of alkyl halides is 4. The number of nitrogens with one attached hydrogen (secondary N) is 1. The largest absolute Gasteiger partial charge is 0.573 e. The van der Waals surface area contributed by atoms with E-state index in [1.165, 1.54) is 35.9 Å². The summed E-state index contributed by atoms with van der Waals surface area (Å²) >= 11 is 1.23. The SMILES string of the molecule is Cc1cc(OC(F)(F)F)cc(-c2nc(NC(=O)c3cnc(N4CCC(F)(C(=O)O)CC4)cn3)sc2CN2CCCC2C)c1. The minimum atomic E-state index is -4.85. The van der Waals surface area contributed by atoms with Crippen molar-refractivity contribution in [3.05, 3.63) is 46.7 Å². The molecule has 2 saturated heterocycles. The van der Waals surface area contributed by atoms with E-state index in [9.17, 15) is 27.2 Å². The van der Waals surface area contributed by atoms with Crippen molar-refractivity contribution in [1.82, 2.24) is 19.9 Å². The number of carbonyl (C=O) groups is 2. The van der Waals surface area contributed by atoms with Crippen LogP contribution in [0.25, 0.3) is 11.3 Å². The van der Waals surface area contributed by atoms with Crippen LogP contribution in [-0.4, -0.2) is 74.5 Å². The van der Waals surface area contributed by atoms with Gasteiger partial charge < -0.3 is 14.7 Å². The molecule has 2 aliphatic rings. The standard InChI is InChI=1S/C28H30F4N6O4S/c1-16-10-18(12-19(11-16)42-28(30,31)32)23-21(15-38-7-3-4-17(38)2)43-26(35-23)36-24(39)20-13-34-22(14-33-20)37-8-5-27(29,6-9-37)25(40)41/h10-14,17H,3-9,15H2,1-2H3,(H,40,41)(H,35,36,39). The summed E-state index contributed by atoms with van der Waals surface area (Å²) in [6.07, 6.45) is -0.533. The second-order valence-corrected chi connectivity index (χ2v) is 11.9. The monoisotopic (exact) mass is 622 g/mol. The molecule has 0 saturated carbocycles. The van der Waals surface area contributed by atoms with Gasteiger partial charge in [-0.1, -0.05) is 11.3 Å². The highest BCUT2D eigenvalue weighted by Crippen LogP contribution is 2.37. The van der Waals surface area contributed by atoms with Gasteiger partial charge in [-0.25, -0.2) is 24.1 Å². The van der Waals surface area contributed by atoms with Crippen LogP contribution >= 0.6 is 11.3 Å². The number of carboxylic acids is 1. The summed E-state index contributed by atoms with van der Waals surface area (Å²) in [6.45, 7) is 5.44. The van der Waals surface area contributed by atoms with Crippen LogP contribution in [-0.2, 0) is 11.3 Å². The summed E-state index contributed by atoms with van der Waals surface area (Å²) < 4.78 is 57.4. The number of halogens is 4. The number of anilines is 2. The molecule has 4 heterocycles. The summed E-state index contributed by atoms with van der Waals surface area (Å²) in [7, 11) is 0. The van der Waals surface area contributed by atoms with Crippen molar-refractivity contribution >= 4 is 34.2 Å². The Morgan fingerprint density at radius 3 is 2.51 bits per heavy atom. The van der Waals surface area contributed by atoms with E-state index in [0.29, 0.717) is 35.2 Å². The lowest BCUT2D eigenvalue weighted by Crippen LogP contribution is -2.46. The van der Waals surface area contributed by atoms with Crippen LogP contribution < -0.4 is 15.0 Å². The third-order valence-electron chi connectivity index (χ3n) is 7.65. The molecule has 1 unspecified atom stereocenters. The highest BCUT2D eigenvalue weighted by molar-refractivity contribution is 7.16. The zero-order valence-corrected chi connectivity index (χ0v) is 24.3. The predicted octanol–water partition coefficient (Wildman–Crippen LogP) is 5.44. The van der Waals surface area contributed by atoms with Crippen molar-refractivity contribution in [3.63, 3.8) is 0 Å². The van der Waals surface area contributed by atoms with Gasteiger partial charge in [-0.15, -0.1) is 13.2 Å². The first-order chi connectivity index (χ1) is 20.3. The number of ether oxygens (including phenoxy) is 1. The highest BCUT2D eigenvalue weighted by Gasteiger charge is 2.42. The number of likely N-dealkylation sites (tertiary alicyclic amines) is 1. The second-order valence-electron chi connectivity index (χ2n) is 10.8. The smallest absolute Gasteiger partial charge is 0.479 e. The Labute approximate surface area is 248 Å². The molecular formula is C28H30F4N6O4S. The maximum atomic E-state index is 14.4. The van der Waals surface area contributed by atoms with Crippen LogP contribution in [0.1, 0.15) is 53.5 Å². The average Bonchev–Trinajstić information content (AvgIpc) is 3.53. The fourth-order valence-corrected chi connectivity index (χ4v) is 6.30. The molecule has 5 rings (SSSR count). The van der Waals surface area contributed by atoms with Gasteiger partial charge in [0.2, 0.25) is 5.67 Å². The van der Waals surface area contributed by atoms with Gasteiger partial charge in [0, 0.05) is 49.0 Å². The normalized spacial score (nSPS) is 18.9. The molecule has 0 aliphatic carbocycles. The number of hydrogen-bond acceptors (Lipinski definition) is 9. The van der Waals surface area contributed by atoms with Gasteiger partial charge in [-0.3, -0.25) is 15.0 Å². The van der Waals surface area contributed by atoms with E-state index in [2.05, 4.69) is 36.8 Å². The van der Waals surface area contributed by atoms with Gasteiger partial charge in [0.05, 0.1) is 18.1 Å². The molecular weight excluding hydrogens is 592 g/mol. The first-order valence-corrected chi connectivity index (χ1v) is 14.5. The van der Waals surface area contributed by atoms with E-state index in [0.717, 1.165) is 24.3 Å². The first-order valence-electron chi connectivity index (χ1n) is 13.7. The molecule has 0 spiro atoms. The maximum absolute atomic E-state index is 14.4. The van der Waals surface area contributed by atoms with E-state index in [1.54, 1.807) is 17.9 Å². The van der Waals surface area contributed by atoms with E-state index in [1.807, 2.05) is 0 Å². The highest BCUT2D eigenvalue weighted by atomic mass is 32.1. The molecule has 43 heavy (non-hydrogen) atoms. The second kappa shape index (κ2) is 12.0. The Morgan fingerprint density at radius 1 is 1.16 bits per heavy atom. The van der Waals surface area contributed by atoms with Gasteiger partial charge >= 0.3 is 12.3 Å². The maximum Gasteiger partial charge on any atom is 0.573 e. The summed E-state index contributed by atoms with van der Waals surface area (Å²) in [6, 6.07) is 4.62. The molecule has 1 aromatic carbocycles. The summed E-state index contributed by atoms with van der Waals surface area (Å²) in [4.78, 5) is 42.0. The van der Waals surface area contributed by atoms with Crippen molar-refractivity contribution < 1.29 is 37.0 Å². The Hall–Kier alpha value is -3.85. The number of nitrogens with zero attached hydrogens (tertiary/aromatic N) is 5. The minimum Gasteiger partial charge on any atom is -0.479 e. The lowest BCUT2D eigenvalue weighted by molar-refractivity contribution is -0.274. The molecule has 2 N–H and O–H groups in total. The number of rotatable bonds is 8. The van der Waals surface area contributed by atoms with Gasteiger partial charge in [0.25, 0.3) is 5.91 Å². The van der Waals surface area contributed by atoms with Crippen molar-refractivity contribution in [2.75, 3.05) is 29.9 Å². The van der Waals surface area contributed by atoms with E-state index in [4.69, 9.17) is 5.11 Å². The van der Waals surface area contributed by atoms with Crippen LogP contribution in [0.5, 0.6) is 5.75 Å². The van der Waals surface area contributed by atoms with Crippen LogP contribution in [0.2, 0.25) is 0 Å². The van der Waals surface area contributed by atoms with Gasteiger partial charge in [-0.2, -0.15) is 0 Å². The Balaban J connectivity index is 1.35. The molecule has 2 aliphatic heterocycles. The molecule has 1 amide bonds. The molecule has 2 fully saturated rings. The molecule has 10 nitrogen and oxygen atoms in total. The third-order valence-corrected chi connectivity index (χ3v) is 8.60. The zero-order chi connectivity index (χ0) is 30.9. The fourth-order valence-electron chi connectivity index (χ4n) is 5.29. The zero-order valence-electron chi connectivity index (χ0n) is 23.4. The van der Waals surface area contributed by atoms with E-state index < -0.39 is 23.9 Å². The number of piperidine rings is 1. The molecule has 3 aromatic rings. The number of hydrogen-bond donors (Lipinski definition) is 2. The molecule has 15 heteroatoms. The fraction of sp³-hybridized carbons (Fsp3) is 0.464. The Morgan fingerprint density at radius 2 is 1.91 bits per heavy atom. The van der Waals surface area contributed by atoms with E-state index in [-0.39, 0.29) is 42.5 Å². The van der Waals surface area contributed by atoms with Crippen LogP contribution in [0, 0.1) is 6.92 Å². The summed E-state index contributed by atoms with van der Waals surface area (Å²) in [5, 5.41) is 12.1. The number of aliphatic carboxylic acids is 1. The summed E-state index contributed by atoms with van der Waals surface area (Å²) in [5.74, 6) is -2.03. The van der Waals surface area contributed by atoms with Crippen molar-refractivity contribution in [2.45, 2.75) is 64.1 Å². The minimum absolute atomic E-state index is 0.00554. The molecule has 0 radical (unpaired) electrons. The van der Waals surface area contributed by atoms with Crippen molar-refractivity contribution in [2.24, 2.45) is 0 Å². The number of aromatic nitrogens is 3. The van der Waals surface area contributed by atoms with Crippen LogP contribution in [0.3, 0.4) is 0 Å². The quantitative estimate of drug-likeness (QED) is 0.317. The number of carboxylic acid groups (broad SMARTS) is 1. The number of aryl methyl sites for hydroxylation is 1.